The fourth-order valence-corrected chi connectivity index (χ4v) is 2.10. The molecule has 0 aliphatic heterocycles. The second-order valence-corrected chi connectivity index (χ2v) is 4.11. The summed E-state index contributed by atoms with van der Waals surface area (Å²) in [5.41, 5.74) is 4.84. The van der Waals surface area contributed by atoms with E-state index < -0.39 is 0 Å². The van der Waals surface area contributed by atoms with E-state index in [1.54, 1.807) is 6.33 Å². The molecule has 0 unspecified atom stereocenters. The smallest absolute Gasteiger partial charge is 0.0922 e. The molecular weight excluding hydrogens is 200 g/mol. The van der Waals surface area contributed by atoms with Crippen LogP contribution in [0.1, 0.15) is 23.4 Å². The number of fused-ring (bicyclic) bond motifs is 1. The third kappa shape index (κ3) is 1.78. The summed E-state index contributed by atoms with van der Waals surface area (Å²) < 4.78 is 0. The van der Waals surface area contributed by atoms with Crippen LogP contribution in [0.25, 0.3) is 0 Å². The number of rotatable bonds is 3. The third-order valence-electron chi connectivity index (χ3n) is 2.96. The first-order chi connectivity index (χ1) is 7.92. The first kappa shape index (κ1) is 9.39. The lowest BCUT2D eigenvalue weighted by molar-refractivity contribution is 0.899. The highest BCUT2D eigenvalue weighted by Gasteiger charge is 2.11. The van der Waals surface area contributed by atoms with E-state index in [0.29, 0.717) is 0 Å². The van der Waals surface area contributed by atoms with Gasteiger partial charge in [-0.2, -0.15) is 0 Å². The second kappa shape index (κ2) is 3.96. The van der Waals surface area contributed by atoms with Crippen molar-refractivity contribution in [1.82, 2.24) is 15.0 Å². The van der Waals surface area contributed by atoms with E-state index in [1.165, 1.54) is 24.1 Å². The predicted octanol–water partition coefficient (Wildman–Crippen LogP) is 1.91. The Morgan fingerprint density at radius 1 is 1.31 bits per heavy atom. The van der Waals surface area contributed by atoms with Crippen molar-refractivity contribution in [3.63, 3.8) is 0 Å². The van der Waals surface area contributed by atoms with E-state index in [0.717, 1.165) is 24.3 Å². The van der Waals surface area contributed by atoms with Crippen molar-refractivity contribution >= 4 is 5.69 Å². The normalized spacial score (nSPS) is 13.8. The first-order valence-electron chi connectivity index (χ1n) is 5.61. The molecule has 0 atom stereocenters. The molecule has 0 spiro atoms. The highest BCUT2D eigenvalue weighted by molar-refractivity contribution is 5.46. The summed E-state index contributed by atoms with van der Waals surface area (Å²) in [4.78, 5) is 11.5. The van der Waals surface area contributed by atoms with Crippen LogP contribution in [-0.2, 0) is 19.4 Å². The van der Waals surface area contributed by atoms with Crippen LogP contribution in [0.3, 0.4) is 0 Å². The fraction of sp³-hybridized carbons (Fsp3) is 0.333. The Kier molecular flexibility index (Phi) is 2.33. The van der Waals surface area contributed by atoms with Gasteiger partial charge in [-0.15, -0.1) is 0 Å². The summed E-state index contributed by atoms with van der Waals surface area (Å²) in [6.07, 6.45) is 8.98. The molecule has 2 aromatic rings. The number of nitrogens with one attached hydrogen (secondary N) is 2. The Balaban J connectivity index is 1.71. The number of nitrogens with zero attached hydrogens (tertiary/aromatic N) is 2. The number of hydrogen-bond donors (Lipinski definition) is 2. The molecule has 0 bridgehead atoms. The maximum absolute atomic E-state index is 4.47. The number of hydrogen-bond acceptors (Lipinski definition) is 3. The Morgan fingerprint density at radius 2 is 2.31 bits per heavy atom. The van der Waals surface area contributed by atoms with Gasteiger partial charge in [0.2, 0.25) is 0 Å². The van der Waals surface area contributed by atoms with E-state index in [-0.39, 0.29) is 0 Å². The van der Waals surface area contributed by atoms with Crippen LogP contribution in [0, 0.1) is 0 Å². The topological polar surface area (TPSA) is 53.6 Å². The molecule has 0 saturated carbocycles. The lowest BCUT2D eigenvalue weighted by Gasteiger charge is -2.06. The van der Waals surface area contributed by atoms with Crippen LogP contribution in [0.2, 0.25) is 0 Å². The van der Waals surface area contributed by atoms with Gasteiger partial charge in [0.25, 0.3) is 0 Å². The van der Waals surface area contributed by atoms with Crippen molar-refractivity contribution in [1.29, 1.82) is 0 Å². The molecule has 3 rings (SSSR count). The van der Waals surface area contributed by atoms with Crippen molar-refractivity contribution in [2.45, 2.75) is 25.8 Å². The van der Waals surface area contributed by atoms with E-state index >= 15 is 0 Å². The molecule has 2 aromatic heterocycles. The van der Waals surface area contributed by atoms with Crippen molar-refractivity contribution in [2.75, 3.05) is 5.32 Å². The lowest BCUT2D eigenvalue weighted by Crippen LogP contribution is -2.01. The molecule has 2 heterocycles. The number of aromatic nitrogens is 3. The number of imidazole rings is 1. The van der Waals surface area contributed by atoms with Gasteiger partial charge < -0.3 is 10.3 Å². The molecule has 1 aliphatic rings. The fourth-order valence-electron chi connectivity index (χ4n) is 2.10. The van der Waals surface area contributed by atoms with Gasteiger partial charge in [0.05, 0.1) is 30.5 Å². The number of aromatic amines is 1. The summed E-state index contributed by atoms with van der Waals surface area (Å²) in [5, 5.41) is 3.34. The summed E-state index contributed by atoms with van der Waals surface area (Å²) in [5.74, 6) is 0. The van der Waals surface area contributed by atoms with E-state index in [9.17, 15) is 0 Å². The van der Waals surface area contributed by atoms with E-state index in [2.05, 4.69) is 26.3 Å². The largest absolute Gasteiger partial charge is 0.378 e. The average molecular weight is 214 g/mol. The zero-order valence-corrected chi connectivity index (χ0v) is 9.03. The number of anilines is 1. The molecule has 1 aliphatic carbocycles. The highest BCUT2D eigenvalue weighted by Crippen LogP contribution is 2.22. The van der Waals surface area contributed by atoms with Crippen LogP contribution in [0.4, 0.5) is 5.69 Å². The van der Waals surface area contributed by atoms with Gasteiger partial charge in [0, 0.05) is 11.9 Å². The molecule has 0 aromatic carbocycles. The van der Waals surface area contributed by atoms with Gasteiger partial charge in [-0.3, -0.25) is 4.98 Å². The molecule has 0 fully saturated rings. The maximum atomic E-state index is 4.47. The maximum Gasteiger partial charge on any atom is 0.0922 e. The van der Waals surface area contributed by atoms with E-state index in [1.807, 2.05) is 12.4 Å². The van der Waals surface area contributed by atoms with Gasteiger partial charge in [0.1, 0.15) is 0 Å². The van der Waals surface area contributed by atoms with Crippen LogP contribution in [-0.4, -0.2) is 15.0 Å². The molecule has 16 heavy (non-hydrogen) atoms. The Morgan fingerprint density at radius 3 is 3.19 bits per heavy atom. The Labute approximate surface area is 94.1 Å². The summed E-state index contributed by atoms with van der Waals surface area (Å²) in [6.45, 7) is 0.764. The minimum absolute atomic E-state index is 0.764. The summed E-state index contributed by atoms with van der Waals surface area (Å²) in [6, 6.07) is 2.21. The van der Waals surface area contributed by atoms with Gasteiger partial charge in [-0.05, 0) is 30.9 Å². The third-order valence-corrected chi connectivity index (χ3v) is 2.96. The Hall–Kier alpha value is -1.84. The van der Waals surface area contributed by atoms with Crippen molar-refractivity contribution < 1.29 is 0 Å². The van der Waals surface area contributed by atoms with Crippen LogP contribution >= 0.6 is 0 Å². The second-order valence-electron chi connectivity index (χ2n) is 4.11. The molecule has 4 nitrogen and oxygen atoms in total. The zero-order chi connectivity index (χ0) is 10.8. The average Bonchev–Trinajstić information content (AvgIpc) is 2.97. The Bertz CT molecular complexity index is 476. The van der Waals surface area contributed by atoms with Crippen molar-refractivity contribution in [3.05, 3.63) is 41.7 Å². The quantitative estimate of drug-likeness (QED) is 0.820. The molecule has 2 N–H and O–H groups in total. The van der Waals surface area contributed by atoms with Gasteiger partial charge >= 0.3 is 0 Å². The molecule has 4 heteroatoms. The van der Waals surface area contributed by atoms with Crippen molar-refractivity contribution in [2.24, 2.45) is 0 Å². The number of H-pyrrole nitrogens is 1. The molecule has 0 saturated heterocycles. The number of aryl methyl sites for hydroxylation is 2. The molecular formula is C12H14N4. The molecule has 0 amide bonds. The zero-order valence-electron chi connectivity index (χ0n) is 9.03. The first-order valence-corrected chi connectivity index (χ1v) is 5.61. The summed E-state index contributed by atoms with van der Waals surface area (Å²) in [7, 11) is 0. The van der Waals surface area contributed by atoms with Crippen LogP contribution < -0.4 is 5.32 Å². The highest BCUT2D eigenvalue weighted by atomic mass is 14.9. The lowest BCUT2D eigenvalue weighted by atomic mass is 10.2. The van der Waals surface area contributed by atoms with Gasteiger partial charge in [-0.1, -0.05) is 0 Å². The monoisotopic (exact) mass is 214 g/mol. The standard InChI is InChI=1S/C12H14N4/c1-2-9-4-10(6-15-12(9)3-1)14-7-11-5-13-8-16-11/h4-6,8,14H,1-3,7H2,(H,13,16). The molecule has 0 radical (unpaired) electrons. The minimum Gasteiger partial charge on any atom is -0.378 e. The van der Waals surface area contributed by atoms with Crippen molar-refractivity contribution in [3.8, 4) is 0 Å². The van der Waals surface area contributed by atoms with Crippen LogP contribution in [0.5, 0.6) is 0 Å². The number of pyridine rings is 1. The van der Waals surface area contributed by atoms with Gasteiger partial charge in [0.15, 0.2) is 0 Å². The molecule has 82 valence electrons. The van der Waals surface area contributed by atoms with E-state index in [4.69, 9.17) is 0 Å². The summed E-state index contributed by atoms with van der Waals surface area (Å²) >= 11 is 0. The SMILES string of the molecule is c1ncc(CNc2cnc3c(c2)CCC3)[nH]1. The minimum atomic E-state index is 0.764. The predicted molar refractivity (Wildman–Crippen MR) is 62.2 cm³/mol. The van der Waals surface area contributed by atoms with Gasteiger partial charge in [-0.25, -0.2) is 4.98 Å². The van der Waals surface area contributed by atoms with Crippen LogP contribution in [0.15, 0.2) is 24.8 Å².